The fraction of sp³-hybridized carbons (Fsp3) is 0.600. The van der Waals surface area contributed by atoms with Crippen molar-refractivity contribution in [2.75, 3.05) is 12.4 Å². The maximum Gasteiger partial charge on any atom is 0.173 e. The highest BCUT2D eigenvalue weighted by Crippen LogP contribution is 2.11. The molecule has 1 atom stereocenters. The van der Waals surface area contributed by atoms with Crippen LogP contribution in [0.1, 0.15) is 0 Å². The predicted octanol–water partition coefficient (Wildman–Crippen LogP) is -0.0565. The lowest BCUT2D eigenvalue weighted by Crippen LogP contribution is -2.07. The third-order valence-corrected chi connectivity index (χ3v) is 2.42. The number of rotatable bonds is 3. The van der Waals surface area contributed by atoms with Crippen LogP contribution >= 0.6 is 0 Å². The molecular weight excluding hydrogens is 140 g/mol. The second kappa shape index (κ2) is 2.11. The molecule has 0 radical (unpaired) electrons. The summed E-state index contributed by atoms with van der Waals surface area (Å²) in [6.07, 6.45) is -0.0620. The molecule has 0 aromatic heterocycles. The molecule has 9 heavy (non-hydrogen) atoms. The number of hydrogen-bond donors (Lipinski definition) is 0. The first-order valence-corrected chi connectivity index (χ1v) is 4.32. The minimum atomic E-state index is -3.02. The first-order valence-electron chi connectivity index (χ1n) is 2.61. The Morgan fingerprint density at radius 3 is 2.67 bits per heavy atom. The van der Waals surface area contributed by atoms with Gasteiger partial charge in [-0.1, -0.05) is 6.58 Å². The van der Waals surface area contributed by atoms with Crippen molar-refractivity contribution >= 4 is 9.84 Å². The molecule has 0 N–H and O–H groups in total. The van der Waals surface area contributed by atoms with Gasteiger partial charge >= 0.3 is 0 Å². The molecule has 0 amide bonds. The van der Waals surface area contributed by atoms with E-state index in [9.17, 15) is 8.42 Å². The molecule has 1 unspecified atom stereocenters. The van der Waals surface area contributed by atoms with Crippen LogP contribution in [0.2, 0.25) is 0 Å². The van der Waals surface area contributed by atoms with Crippen molar-refractivity contribution in [2.45, 2.75) is 6.10 Å². The normalized spacial score (nSPS) is 25.6. The Hall–Kier alpha value is -0.350. The van der Waals surface area contributed by atoms with Gasteiger partial charge in [-0.2, -0.15) is 0 Å². The van der Waals surface area contributed by atoms with Gasteiger partial charge in [0.25, 0.3) is 0 Å². The Morgan fingerprint density at radius 1 is 1.78 bits per heavy atom. The summed E-state index contributed by atoms with van der Waals surface area (Å²) >= 11 is 0. The van der Waals surface area contributed by atoms with Gasteiger partial charge in [0.05, 0.1) is 18.5 Å². The average molecular weight is 148 g/mol. The summed E-state index contributed by atoms with van der Waals surface area (Å²) < 4.78 is 26.0. The molecule has 1 aliphatic rings. The maximum absolute atomic E-state index is 10.7. The molecule has 0 saturated carbocycles. The number of epoxide rings is 1. The summed E-state index contributed by atoms with van der Waals surface area (Å²) in [5.41, 5.74) is 0. The second-order valence-electron chi connectivity index (χ2n) is 1.95. The first-order chi connectivity index (χ1) is 4.14. The van der Waals surface area contributed by atoms with Gasteiger partial charge in [-0.3, -0.25) is 0 Å². The van der Waals surface area contributed by atoms with Gasteiger partial charge in [-0.25, -0.2) is 8.42 Å². The van der Waals surface area contributed by atoms with Crippen molar-refractivity contribution in [3.8, 4) is 0 Å². The average Bonchev–Trinajstić information content (AvgIpc) is 2.50. The molecule has 3 nitrogen and oxygen atoms in total. The molecule has 52 valence electrons. The van der Waals surface area contributed by atoms with Crippen LogP contribution in [0, 0.1) is 0 Å². The molecule has 0 aromatic carbocycles. The lowest BCUT2D eigenvalue weighted by molar-refractivity contribution is 0.423. The summed E-state index contributed by atoms with van der Waals surface area (Å²) in [5.74, 6) is 0.0938. The molecule has 4 heteroatoms. The van der Waals surface area contributed by atoms with E-state index in [2.05, 4.69) is 6.58 Å². The monoisotopic (exact) mass is 148 g/mol. The number of ether oxygens (including phenoxy) is 1. The Bertz CT molecular complexity index is 200. The lowest BCUT2D eigenvalue weighted by Gasteiger charge is -1.89. The van der Waals surface area contributed by atoms with E-state index < -0.39 is 9.84 Å². The van der Waals surface area contributed by atoms with Crippen molar-refractivity contribution < 1.29 is 13.2 Å². The summed E-state index contributed by atoms with van der Waals surface area (Å²) in [7, 11) is -3.02. The zero-order valence-corrected chi connectivity index (χ0v) is 5.73. The third kappa shape index (κ3) is 2.15. The van der Waals surface area contributed by atoms with Crippen molar-refractivity contribution in [3.05, 3.63) is 12.0 Å². The Balaban J connectivity index is 2.49. The number of hydrogen-bond acceptors (Lipinski definition) is 3. The SMILES string of the molecule is C=CS(=O)(=O)CC1CO1. The van der Waals surface area contributed by atoms with E-state index in [1.54, 1.807) is 0 Å². The molecule has 0 aromatic rings. The van der Waals surface area contributed by atoms with Gasteiger partial charge in [0.15, 0.2) is 9.84 Å². The Labute approximate surface area is 54.2 Å². The molecule has 1 saturated heterocycles. The lowest BCUT2D eigenvalue weighted by atomic mass is 10.6. The van der Waals surface area contributed by atoms with E-state index in [1.807, 2.05) is 0 Å². The van der Waals surface area contributed by atoms with Gasteiger partial charge in [0, 0.05) is 5.41 Å². The van der Waals surface area contributed by atoms with Crippen molar-refractivity contribution in [3.63, 3.8) is 0 Å². The van der Waals surface area contributed by atoms with Crippen molar-refractivity contribution in [2.24, 2.45) is 0 Å². The first kappa shape index (κ1) is 6.77. The maximum atomic E-state index is 10.7. The minimum absolute atomic E-state index is 0.0620. The van der Waals surface area contributed by atoms with Crippen molar-refractivity contribution in [1.29, 1.82) is 0 Å². The molecular formula is C5H8O3S. The quantitative estimate of drug-likeness (QED) is 0.527. The Kier molecular flexibility index (Phi) is 1.59. The van der Waals surface area contributed by atoms with Gasteiger partial charge in [-0.05, 0) is 0 Å². The summed E-state index contributed by atoms with van der Waals surface area (Å²) in [6, 6.07) is 0. The van der Waals surface area contributed by atoms with Crippen LogP contribution in [0.3, 0.4) is 0 Å². The van der Waals surface area contributed by atoms with Crippen LogP contribution in [0.25, 0.3) is 0 Å². The highest BCUT2D eigenvalue weighted by atomic mass is 32.2. The predicted molar refractivity (Wildman–Crippen MR) is 33.7 cm³/mol. The second-order valence-corrected chi connectivity index (χ2v) is 3.94. The van der Waals surface area contributed by atoms with Gasteiger partial charge in [-0.15, -0.1) is 0 Å². The molecule has 1 fully saturated rings. The Morgan fingerprint density at radius 2 is 2.33 bits per heavy atom. The molecule has 0 bridgehead atoms. The van der Waals surface area contributed by atoms with E-state index in [-0.39, 0.29) is 11.9 Å². The van der Waals surface area contributed by atoms with Crippen LogP contribution in [0.4, 0.5) is 0 Å². The summed E-state index contributed by atoms with van der Waals surface area (Å²) in [5, 5.41) is 0.967. The molecule has 1 aliphatic heterocycles. The van der Waals surface area contributed by atoms with Crippen LogP contribution in [0.5, 0.6) is 0 Å². The number of sulfone groups is 1. The van der Waals surface area contributed by atoms with Crippen LogP contribution in [0.15, 0.2) is 12.0 Å². The zero-order chi connectivity index (χ0) is 6.91. The van der Waals surface area contributed by atoms with Crippen LogP contribution in [-0.2, 0) is 14.6 Å². The van der Waals surface area contributed by atoms with E-state index in [1.165, 1.54) is 0 Å². The van der Waals surface area contributed by atoms with E-state index >= 15 is 0 Å². The third-order valence-electron chi connectivity index (χ3n) is 1.07. The van der Waals surface area contributed by atoms with E-state index in [0.717, 1.165) is 5.41 Å². The van der Waals surface area contributed by atoms with Gasteiger partial charge in [0.1, 0.15) is 0 Å². The molecule has 0 spiro atoms. The fourth-order valence-corrected chi connectivity index (χ4v) is 1.34. The molecule has 1 rings (SSSR count). The standard InChI is InChI=1S/C5H8O3S/c1-2-9(6,7)4-5-3-8-5/h2,5H,1,3-4H2. The fourth-order valence-electron chi connectivity index (χ4n) is 0.491. The minimum Gasteiger partial charge on any atom is -0.372 e. The van der Waals surface area contributed by atoms with E-state index in [4.69, 9.17) is 4.74 Å². The smallest absolute Gasteiger partial charge is 0.173 e. The highest BCUT2D eigenvalue weighted by Gasteiger charge is 2.27. The van der Waals surface area contributed by atoms with Crippen LogP contribution < -0.4 is 0 Å². The topological polar surface area (TPSA) is 46.7 Å². The van der Waals surface area contributed by atoms with Gasteiger partial charge < -0.3 is 4.74 Å². The van der Waals surface area contributed by atoms with Crippen LogP contribution in [-0.4, -0.2) is 26.9 Å². The zero-order valence-electron chi connectivity index (χ0n) is 4.91. The molecule has 0 aliphatic carbocycles. The molecule has 1 heterocycles. The summed E-state index contributed by atoms with van der Waals surface area (Å²) in [6.45, 7) is 3.75. The van der Waals surface area contributed by atoms with E-state index in [0.29, 0.717) is 6.61 Å². The van der Waals surface area contributed by atoms with Crippen molar-refractivity contribution in [1.82, 2.24) is 0 Å². The van der Waals surface area contributed by atoms with Gasteiger partial charge in [0.2, 0.25) is 0 Å². The highest BCUT2D eigenvalue weighted by molar-refractivity contribution is 7.94. The summed E-state index contributed by atoms with van der Waals surface area (Å²) in [4.78, 5) is 0. The largest absolute Gasteiger partial charge is 0.372 e.